The number of likely N-dealkylation sites (N-methyl/N-ethyl adjacent to an activating group) is 1. The zero-order chi connectivity index (χ0) is 18.5. The molecule has 1 aliphatic rings. The highest BCUT2D eigenvalue weighted by molar-refractivity contribution is 7.99. The van der Waals surface area contributed by atoms with Gasteiger partial charge in [0.15, 0.2) is 11.6 Å². The number of anilines is 2. The minimum atomic E-state index is -0.309. The number of ether oxygens (including phenoxy) is 1. The summed E-state index contributed by atoms with van der Waals surface area (Å²) in [5.41, 5.74) is 5.80. The number of nitrogens with one attached hydrogen (secondary N) is 1. The largest absolute Gasteiger partial charge is 0.493 e. The molecule has 1 saturated heterocycles. The number of hydrogen-bond donors (Lipinski definition) is 2. The highest BCUT2D eigenvalue weighted by Crippen LogP contribution is 2.37. The summed E-state index contributed by atoms with van der Waals surface area (Å²) >= 11 is 1.30. The van der Waals surface area contributed by atoms with E-state index in [1.807, 2.05) is 6.07 Å². The number of nitrogens with zero attached hydrogens (tertiary/aromatic N) is 4. The molecule has 0 atom stereocenters. The summed E-state index contributed by atoms with van der Waals surface area (Å²) < 4.78 is 10.8. The van der Waals surface area contributed by atoms with Gasteiger partial charge >= 0.3 is 0 Å². The smallest absolute Gasteiger partial charge is 0.238 e. The molecule has 0 unspecified atom stereocenters. The van der Waals surface area contributed by atoms with E-state index >= 15 is 0 Å². The lowest BCUT2D eigenvalue weighted by Gasteiger charge is -2.33. The maximum Gasteiger partial charge on any atom is 0.238 e. The van der Waals surface area contributed by atoms with Crippen LogP contribution >= 0.6 is 11.8 Å². The van der Waals surface area contributed by atoms with E-state index in [9.17, 15) is 4.79 Å². The third-order valence-corrected chi connectivity index (χ3v) is 4.98. The molecule has 10 heteroatoms. The van der Waals surface area contributed by atoms with Crippen molar-refractivity contribution in [3.05, 3.63) is 18.5 Å². The van der Waals surface area contributed by atoms with E-state index in [4.69, 9.17) is 15.0 Å². The second-order valence-corrected chi connectivity index (χ2v) is 6.91. The molecular formula is C16H22N6O3S. The Hall–Kier alpha value is -2.30. The summed E-state index contributed by atoms with van der Waals surface area (Å²) in [7, 11) is 3.74. The van der Waals surface area contributed by atoms with E-state index < -0.39 is 0 Å². The number of hydrogen-bond acceptors (Lipinski definition) is 9. The van der Waals surface area contributed by atoms with Crippen LogP contribution in [0, 0.1) is 0 Å². The lowest BCUT2D eigenvalue weighted by Crippen LogP contribution is -2.44. The number of aromatic nitrogens is 2. The number of rotatable bonds is 6. The average Bonchev–Trinajstić information content (AvgIpc) is 3.09. The Morgan fingerprint density at radius 1 is 1.38 bits per heavy atom. The first kappa shape index (κ1) is 18.5. The summed E-state index contributed by atoms with van der Waals surface area (Å²) in [5, 5.41) is 6.84. The first-order valence-electron chi connectivity index (χ1n) is 8.20. The lowest BCUT2D eigenvalue weighted by atomic mass is 10.3. The van der Waals surface area contributed by atoms with Crippen LogP contribution in [0.15, 0.2) is 33.0 Å². The quantitative estimate of drug-likeness (QED) is 0.757. The Labute approximate surface area is 155 Å². The van der Waals surface area contributed by atoms with Crippen LogP contribution in [0.1, 0.15) is 0 Å². The molecule has 0 aromatic carbocycles. The average molecular weight is 378 g/mol. The summed E-state index contributed by atoms with van der Waals surface area (Å²) in [4.78, 5) is 21.4. The first-order valence-corrected chi connectivity index (χ1v) is 9.02. The summed E-state index contributed by atoms with van der Waals surface area (Å²) in [5.74, 6) is 1.22. The predicted octanol–water partition coefficient (Wildman–Crippen LogP) is 0.878. The molecule has 3 N–H and O–H groups in total. The Kier molecular flexibility index (Phi) is 5.96. The van der Waals surface area contributed by atoms with Gasteiger partial charge in [-0.25, -0.2) is 4.98 Å². The fourth-order valence-electron chi connectivity index (χ4n) is 2.58. The minimum absolute atomic E-state index is 0.107. The minimum Gasteiger partial charge on any atom is -0.493 e. The van der Waals surface area contributed by atoms with E-state index in [0.717, 1.165) is 36.9 Å². The topological polar surface area (TPSA) is 110 Å². The number of carbonyl (C=O) groups excluding carboxylic acids is 1. The van der Waals surface area contributed by atoms with E-state index in [0.29, 0.717) is 16.5 Å². The maximum atomic E-state index is 11.5. The first-order chi connectivity index (χ1) is 12.6. The molecule has 0 aliphatic carbocycles. The molecular weight excluding hydrogens is 356 g/mol. The molecule has 3 rings (SSSR count). The van der Waals surface area contributed by atoms with Crippen molar-refractivity contribution in [2.75, 3.05) is 57.1 Å². The van der Waals surface area contributed by atoms with Gasteiger partial charge in [0, 0.05) is 37.3 Å². The highest BCUT2D eigenvalue weighted by atomic mass is 32.2. The standard InChI is InChI=1S/C16H22N6O3S/c1-21-3-5-22(6-4-21)15-13(24-2)7-11(9-18-15)26-16-12(10-19-25-16)20-14(23)8-17/h7,9-10H,3-6,8,17H2,1-2H3,(H,20,23). The molecule has 2 aromatic rings. The van der Waals surface area contributed by atoms with Gasteiger partial charge in [0.05, 0.1) is 19.9 Å². The van der Waals surface area contributed by atoms with Crippen LogP contribution in [0.3, 0.4) is 0 Å². The van der Waals surface area contributed by atoms with Crippen LogP contribution in [-0.2, 0) is 4.79 Å². The molecule has 0 bridgehead atoms. The number of carbonyl (C=O) groups is 1. The van der Waals surface area contributed by atoms with Gasteiger partial charge in [0.1, 0.15) is 5.69 Å². The van der Waals surface area contributed by atoms with Gasteiger partial charge in [-0.2, -0.15) is 0 Å². The van der Waals surface area contributed by atoms with Gasteiger partial charge in [0.25, 0.3) is 0 Å². The Balaban J connectivity index is 1.76. The zero-order valence-corrected chi connectivity index (χ0v) is 15.6. The SMILES string of the molecule is COc1cc(Sc2oncc2NC(=O)CN)cnc1N1CCN(C)CC1. The molecule has 0 radical (unpaired) electrons. The van der Waals surface area contributed by atoms with Gasteiger partial charge in [0.2, 0.25) is 11.0 Å². The fraction of sp³-hybridized carbons (Fsp3) is 0.438. The molecule has 1 aliphatic heterocycles. The van der Waals surface area contributed by atoms with Crippen molar-refractivity contribution in [3.63, 3.8) is 0 Å². The van der Waals surface area contributed by atoms with Crippen molar-refractivity contribution in [2.24, 2.45) is 5.73 Å². The number of pyridine rings is 1. The Morgan fingerprint density at radius 2 is 2.15 bits per heavy atom. The summed E-state index contributed by atoms with van der Waals surface area (Å²) in [6.07, 6.45) is 3.21. The van der Waals surface area contributed by atoms with E-state index in [1.54, 1.807) is 13.3 Å². The Morgan fingerprint density at radius 3 is 2.85 bits per heavy atom. The van der Waals surface area contributed by atoms with Gasteiger partial charge in [-0.05, 0) is 24.9 Å². The lowest BCUT2D eigenvalue weighted by molar-refractivity contribution is -0.114. The van der Waals surface area contributed by atoms with Crippen LogP contribution in [-0.4, -0.2) is 67.8 Å². The second kappa shape index (κ2) is 8.39. The van der Waals surface area contributed by atoms with Crippen molar-refractivity contribution in [2.45, 2.75) is 9.99 Å². The molecule has 3 heterocycles. The molecule has 9 nitrogen and oxygen atoms in total. The third-order valence-electron chi connectivity index (χ3n) is 4.04. The van der Waals surface area contributed by atoms with Gasteiger partial charge in [-0.15, -0.1) is 0 Å². The van der Waals surface area contributed by atoms with Crippen molar-refractivity contribution >= 4 is 29.2 Å². The van der Waals surface area contributed by atoms with Crippen LogP contribution in [0.5, 0.6) is 5.75 Å². The number of nitrogens with two attached hydrogens (primary N) is 1. The van der Waals surface area contributed by atoms with Crippen LogP contribution in [0.4, 0.5) is 11.5 Å². The molecule has 140 valence electrons. The monoisotopic (exact) mass is 378 g/mol. The van der Waals surface area contributed by atoms with Gasteiger partial charge in [-0.1, -0.05) is 5.16 Å². The maximum absolute atomic E-state index is 11.5. The molecule has 0 saturated carbocycles. The molecule has 0 spiro atoms. The molecule has 2 aromatic heterocycles. The fourth-order valence-corrected chi connectivity index (χ4v) is 3.35. The van der Waals surface area contributed by atoms with E-state index in [-0.39, 0.29) is 12.5 Å². The van der Waals surface area contributed by atoms with Crippen LogP contribution in [0.2, 0.25) is 0 Å². The van der Waals surface area contributed by atoms with Crippen molar-refractivity contribution < 1.29 is 14.1 Å². The second-order valence-electron chi connectivity index (χ2n) is 5.87. The predicted molar refractivity (Wildman–Crippen MR) is 98.8 cm³/mol. The molecule has 1 fully saturated rings. The van der Waals surface area contributed by atoms with Crippen LogP contribution < -0.4 is 20.7 Å². The van der Waals surface area contributed by atoms with E-state index in [1.165, 1.54) is 18.0 Å². The van der Waals surface area contributed by atoms with Gasteiger partial charge < -0.3 is 30.1 Å². The Bertz CT molecular complexity index is 760. The summed E-state index contributed by atoms with van der Waals surface area (Å²) in [6, 6.07) is 1.91. The van der Waals surface area contributed by atoms with Crippen molar-refractivity contribution in [1.29, 1.82) is 0 Å². The molecule has 1 amide bonds. The van der Waals surface area contributed by atoms with Crippen molar-refractivity contribution in [1.82, 2.24) is 15.0 Å². The van der Waals surface area contributed by atoms with Crippen molar-refractivity contribution in [3.8, 4) is 5.75 Å². The third kappa shape index (κ3) is 4.26. The van der Waals surface area contributed by atoms with Crippen LogP contribution in [0.25, 0.3) is 0 Å². The molecule has 26 heavy (non-hydrogen) atoms. The normalized spacial score (nSPS) is 15.1. The summed E-state index contributed by atoms with van der Waals surface area (Å²) in [6.45, 7) is 3.69. The van der Waals surface area contributed by atoms with Gasteiger partial charge in [-0.3, -0.25) is 4.79 Å². The number of methoxy groups -OCH3 is 1. The van der Waals surface area contributed by atoms with E-state index in [2.05, 4.69) is 32.3 Å². The number of piperazine rings is 1. The zero-order valence-electron chi connectivity index (χ0n) is 14.8. The number of amides is 1. The highest BCUT2D eigenvalue weighted by Gasteiger charge is 2.20.